The van der Waals surface area contributed by atoms with Crippen molar-refractivity contribution in [2.45, 2.75) is 33.0 Å². The van der Waals surface area contributed by atoms with Gasteiger partial charge in [0.25, 0.3) is 11.8 Å². The molecule has 0 saturated carbocycles. The number of pyridine rings is 1. The highest BCUT2D eigenvalue weighted by molar-refractivity contribution is 6.31. The van der Waals surface area contributed by atoms with Gasteiger partial charge in [-0.25, -0.2) is 0 Å². The van der Waals surface area contributed by atoms with Crippen LogP contribution in [0.2, 0.25) is 5.02 Å². The molecule has 0 fully saturated rings. The maximum atomic E-state index is 13.3. The van der Waals surface area contributed by atoms with Gasteiger partial charge >= 0.3 is 6.18 Å². The minimum atomic E-state index is -4.60. The molecule has 1 aliphatic rings. The lowest BCUT2D eigenvalue weighted by molar-refractivity contribution is -0.137. The molecule has 0 unspecified atom stereocenters. The Kier molecular flexibility index (Phi) is 5.65. The summed E-state index contributed by atoms with van der Waals surface area (Å²) >= 11 is 5.85. The highest BCUT2D eigenvalue weighted by Gasteiger charge is 2.36. The van der Waals surface area contributed by atoms with Gasteiger partial charge in [0.05, 0.1) is 28.5 Å². The van der Waals surface area contributed by atoms with E-state index in [1.807, 2.05) is 6.92 Å². The molecule has 0 radical (unpaired) electrons. The topological polar surface area (TPSA) is 80.1 Å². The van der Waals surface area contributed by atoms with Crippen LogP contribution in [-0.4, -0.2) is 33.1 Å². The minimum absolute atomic E-state index is 0.126. The molecule has 7 nitrogen and oxygen atoms in total. The lowest BCUT2D eigenvalue weighted by atomic mass is 10.1. The third kappa shape index (κ3) is 4.18. The molecule has 1 N–H and O–H groups in total. The van der Waals surface area contributed by atoms with Gasteiger partial charge in [-0.1, -0.05) is 11.6 Å². The van der Waals surface area contributed by atoms with Gasteiger partial charge in [0.1, 0.15) is 0 Å². The third-order valence-electron chi connectivity index (χ3n) is 5.41. The van der Waals surface area contributed by atoms with E-state index >= 15 is 0 Å². The van der Waals surface area contributed by atoms with Crippen LogP contribution in [0.5, 0.6) is 0 Å². The van der Waals surface area contributed by atoms with Gasteiger partial charge in [0, 0.05) is 29.7 Å². The summed E-state index contributed by atoms with van der Waals surface area (Å²) in [5.41, 5.74) is 1.31. The number of nitrogens with zero attached hydrogens (tertiary/aromatic N) is 4. The van der Waals surface area contributed by atoms with E-state index in [0.717, 1.165) is 12.1 Å². The monoisotopic (exact) mass is 477 g/mol. The maximum Gasteiger partial charge on any atom is 0.417 e. The molecule has 1 atom stereocenters. The van der Waals surface area contributed by atoms with Crippen LogP contribution in [0.25, 0.3) is 0 Å². The SMILES string of the molecule is Cc1cc(C(=O)Nc2cnn3c2C(=O)N(c2ccc(C(F)(F)F)c(Cl)c2)C[C@@H]3C)c(C)cn1. The smallest absolute Gasteiger partial charge is 0.319 e. The number of rotatable bonds is 3. The number of aromatic nitrogens is 3. The van der Waals surface area contributed by atoms with E-state index in [2.05, 4.69) is 15.4 Å². The maximum absolute atomic E-state index is 13.3. The summed E-state index contributed by atoms with van der Waals surface area (Å²) in [5.74, 6) is -0.941. The Balaban J connectivity index is 1.67. The first-order valence-electron chi connectivity index (χ1n) is 9.98. The van der Waals surface area contributed by atoms with E-state index in [0.29, 0.717) is 16.8 Å². The molecule has 11 heteroatoms. The summed E-state index contributed by atoms with van der Waals surface area (Å²) < 4.78 is 40.7. The van der Waals surface area contributed by atoms with Crippen molar-refractivity contribution in [2.24, 2.45) is 0 Å². The van der Waals surface area contributed by atoms with E-state index in [1.165, 1.54) is 21.8 Å². The lowest BCUT2D eigenvalue weighted by Crippen LogP contribution is -2.43. The van der Waals surface area contributed by atoms with Gasteiger partial charge in [0.2, 0.25) is 0 Å². The third-order valence-corrected chi connectivity index (χ3v) is 5.72. The number of benzene rings is 1. The number of hydrogen-bond acceptors (Lipinski definition) is 4. The fourth-order valence-electron chi connectivity index (χ4n) is 3.74. The Morgan fingerprint density at radius 2 is 1.94 bits per heavy atom. The van der Waals surface area contributed by atoms with Crippen LogP contribution < -0.4 is 10.2 Å². The van der Waals surface area contributed by atoms with Crippen LogP contribution in [-0.2, 0) is 6.18 Å². The number of carbonyl (C=O) groups excluding carboxylic acids is 2. The van der Waals surface area contributed by atoms with Crippen LogP contribution in [0.1, 0.15) is 50.6 Å². The summed E-state index contributed by atoms with van der Waals surface area (Å²) in [6.07, 6.45) is -1.64. The first kappa shape index (κ1) is 22.8. The lowest BCUT2D eigenvalue weighted by Gasteiger charge is -2.32. The highest BCUT2D eigenvalue weighted by Crippen LogP contribution is 2.38. The molecule has 0 saturated heterocycles. The molecule has 2 amide bonds. The zero-order valence-corrected chi connectivity index (χ0v) is 18.6. The summed E-state index contributed by atoms with van der Waals surface area (Å²) in [6.45, 7) is 5.49. The summed E-state index contributed by atoms with van der Waals surface area (Å²) in [7, 11) is 0. The van der Waals surface area contributed by atoms with Crippen molar-refractivity contribution in [3.8, 4) is 0 Å². The summed E-state index contributed by atoms with van der Waals surface area (Å²) in [6, 6.07) is 4.50. The van der Waals surface area contributed by atoms with E-state index in [-0.39, 0.29) is 29.7 Å². The molecular weight excluding hydrogens is 459 g/mol. The molecule has 0 aliphatic carbocycles. The van der Waals surface area contributed by atoms with E-state index in [4.69, 9.17) is 11.6 Å². The Bertz CT molecular complexity index is 1270. The molecule has 172 valence electrons. The van der Waals surface area contributed by atoms with E-state index in [9.17, 15) is 22.8 Å². The molecule has 2 aromatic heterocycles. The summed E-state index contributed by atoms with van der Waals surface area (Å²) in [5, 5.41) is 6.46. The van der Waals surface area contributed by atoms with Gasteiger partial charge in [-0.2, -0.15) is 18.3 Å². The number of halogens is 4. The first-order chi connectivity index (χ1) is 15.5. The Morgan fingerprint density at radius 3 is 2.61 bits per heavy atom. The van der Waals surface area contributed by atoms with E-state index in [1.54, 1.807) is 26.1 Å². The number of amides is 2. The molecule has 1 aliphatic heterocycles. The predicted octanol–water partition coefficient (Wildman–Crippen LogP) is 5.04. The number of anilines is 2. The molecule has 33 heavy (non-hydrogen) atoms. The second-order valence-corrected chi connectivity index (χ2v) is 8.28. The van der Waals surface area contributed by atoms with Crippen molar-refractivity contribution in [3.05, 3.63) is 69.8 Å². The van der Waals surface area contributed by atoms with Crippen LogP contribution in [0.4, 0.5) is 24.5 Å². The van der Waals surface area contributed by atoms with Crippen molar-refractivity contribution < 1.29 is 22.8 Å². The molecule has 0 bridgehead atoms. The zero-order valence-electron chi connectivity index (χ0n) is 17.9. The van der Waals surface area contributed by atoms with Crippen molar-refractivity contribution in [1.82, 2.24) is 14.8 Å². The number of alkyl halides is 3. The highest BCUT2D eigenvalue weighted by atomic mass is 35.5. The van der Waals surface area contributed by atoms with Gasteiger partial charge in [-0.05, 0) is 50.6 Å². The Hall–Kier alpha value is -3.40. The van der Waals surface area contributed by atoms with Crippen LogP contribution >= 0.6 is 11.6 Å². The van der Waals surface area contributed by atoms with Crippen molar-refractivity contribution in [2.75, 3.05) is 16.8 Å². The average Bonchev–Trinajstić information content (AvgIpc) is 3.15. The van der Waals surface area contributed by atoms with Crippen LogP contribution in [0, 0.1) is 13.8 Å². The Morgan fingerprint density at radius 1 is 1.21 bits per heavy atom. The van der Waals surface area contributed by atoms with Gasteiger partial charge in [-0.15, -0.1) is 0 Å². The van der Waals surface area contributed by atoms with Crippen molar-refractivity contribution >= 4 is 34.8 Å². The van der Waals surface area contributed by atoms with Crippen LogP contribution in [0.15, 0.2) is 36.7 Å². The number of hydrogen-bond donors (Lipinski definition) is 1. The number of nitrogens with one attached hydrogen (secondary N) is 1. The van der Waals surface area contributed by atoms with Crippen molar-refractivity contribution in [1.29, 1.82) is 0 Å². The normalized spacial score (nSPS) is 16.0. The standard InChI is InChI=1S/C22H19ClF3N5O2/c1-11-8-27-12(2)6-15(11)20(32)29-18-9-28-31-13(3)10-30(21(33)19(18)31)14-4-5-16(17(23)7-14)22(24,25)26/h4-9,13H,10H2,1-3H3,(H,29,32)/t13-/m0/s1. The van der Waals surface area contributed by atoms with Crippen molar-refractivity contribution in [3.63, 3.8) is 0 Å². The fourth-order valence-corrected chi connectivity index (χ4v) is 4.02. The van der Waals surface area contributed by atoms with Crippen LogP contribution in [0.3, 0.4) is 0 Å². The number of carbonyl (C=O) groups is 2. The van der Waals surface area contributed by atoms with Gasteiger partial charge in [0.15, 0.2) is 5.69 Å². The fraction of sp³-hybridized carbons (Fsp3) is 0.273. The number of aryl methyl sites for hydroxylation is 2. The van der Waals surface area contributed by atoms with Gasteiger partial charge in [-0.3, -0.25) is 19.3 Å². The minimum Gasteiger partial charge on any atom is -0.319 e. The second-order valence-electron chi connectivity index (χ2n) is 7.87. The molecule has 3 aromatic rings. The first-order valence-corrected chi connectivity index (χ1v) is 10.4. The Labute approximate surface area is 192 Å². The average molecular weight is 478 g/mol. The largest absolute Gasteiger partial charge is 0.417 e. The van der Waals surface area contributed by atoms with Gasteiger partial charge < -0.3 is 10.2 Å². The molecule has 4 rings (SSSR count). The number of fused-ring (bicyclic) bond motifs is 1. The van der Waals surface area contributed by atoms with E-state index < -0.39 is 28.6 Å². The molecule has 1 aromatic carbocycles. The molecule has 3 heterocycles. The summed E-state index contributed by atoms with van der Waals surface area (Å²) in [4.78, 5) is 31.6. The quantitative estimate of drug-likeness (QED) is 0.573. The second kappa shape index (κ2) is 8.18. The molecular formula is C22H19ClF3N5O2. The molecule has 0 spiro atoms. The zero-order chi connectivity index (χ0) is 24.1. The predicted molar refractivity (Wildman–Crippen MR) is 117 cm³/mol.